The summed E-state index contributed by atoms with van der Waals surface area (Å²) in [5.74, 6) is 0.808. The lowest BCUT2D eigenvalue weighted by atomic mass is 10.2. The monoisotopic (exact) mass is 552 g/mol. The van der Waals surface area contributed by atoms with Crippen molar-refractivity contribution in [1.29, 1.82) is 0 Å². The van der Waals surface area contributed by atoms with Crippen LogP contribution in [0.5, 0.6) is 0 Å². The van der Waals surface area contributed by atoms with E-state index in [1.165, 1.54) is 4.88 Å². The number of hydrogen-bond acceptors (Lipinski definition) is 6. The maximum Gasteiger partial charge on any atom is 0.410 e. The van der Waals surface area contributed by atoms with Crippen LogP contribution in [0.2, 0.25) is 0 Å². The average Bonchev–Trinajstić information content (AvgIpc) is 2.97. The van der Waals surface area contributed by atoms with Crippen LogP contribution in [0.25, 0.3) is 0 Å². The van der Waals surface area contributed by atoms with Crippen LogP contribution < -0.4 is 10.6 Å². The van der Waals surface area contributed by atoms with Gasteiger partial charge in [-0.2, -0.15) is 0 Å². The molecular weight excluding hydrogens is 515 g/mol. The van der Waals surface area contributed by atoms with Crippen LogP contribution in [-0.2, 0) is 11.2 Å². The number of thiazole rings is 1. The molecule has 10 heteroatoms. The third-order valence-electron chi connectivity index (χ3n) is 4.67. The van der Waals surface area contributed by atoms with Gasteiger partial charge in [-0.25, -0.2) is 9.78 Å². The topological polar surface area (TPSA) is 82.1 Å². The van der Waals surface area contributed by atoms with E-state index in [9.17, 15) is 4.79 Å². The Morgan fingerprint density at radius 1 is 1.17 bits per heavy atom. The summed E-state index contributed by atoms with van der Waals surface area (Å²) in [6, 6.07) is 0. The summed E-state index contributed by atoms with van der Waals surface area (Å²) in [5, 5.41) is 7.86. The largest absolute Gasteiger partial charge is 0.444 e. The van der Waals surface area contributed by atoms with E-state index in [0.717, 1.165) is 55.8 Å². The van der Waals surface area contributed by atoms with Crippen LogP contribution in [0.1, 0.15) is 36.3 Å². The Morgan fingerprint density at radius 2 is 1.80 bits per heavy atom. The molecule has 1 aliphatic heterocycles. The lowest BCUT2D eigenvalue weighted by Gasteiger charge is -2.35. The summed E-state index contributed by atoms with van der Waals surface area (Å²) in [6.07, 6.45) is 0.678. The molecule has 1 amide bonds. The van der Waals surface area contributed by atoms with Gasteiger partial charge < -0.3 is 20.3 Å². The van der Waals surface area contributed by atoms with Crippen molar-refractivity contribution in [2.75, 3.05) is 52.9 Å². The second kappa shape index (κ2) is 12.7. The maximum atomic E-state index is 12.1. The van der Waals surface area contributed by atoms with E-state index in [1.807, 2.05) is 20.8 Å². The molecule has 2 N–H and O–H groups in total. The number of halogens is 1. The zero-order valence-electron chi connectivity index (χ0n) is 19.1. The van der Waals surface area contributed by atoms with Crippen LogP contribution in [0, 0.1) is 13.8 Å². The number of carbonyl (C=O) groups is 1. The number of carbonyl (C=O) groups excluding carboxylic acids is 1. The Hall–Kier alpha value is -1.14. The summed E-state index contributed by atoms with van der Waals surface area (Å²) < 4.78 is 5.45. The van der Waals surface area contributed by atoms with E-state index in [4.69, 9.17) is 4.74 Å². The Morgan fingerprint density at radius 3 is 2.33 bits per heavy atom. The summed E-state index contributed by atoms with van der Waals surface area (Å²) >= 11 is 1.76. The predicted octanol–water partition coefficient (Wildman–Crippen LogP) is 2.64. The SMILES string of the molecule is CN=C(NCCc1nc(C)c(C)s1)NCCN1CCN(C(=O)OC(C)(C)C)CC1.I. The molecule has 30 heavy (non-hydrogen) atoms. The van der Waals surface area contributed by atoms with E-state index in [-0.39, 0.29) is 30.1 Å². The quantitative estimate of drug-likeness (QED) is 0.321. The zero-order chi connectivity index (χ0) is 21.4. The molecule has 0 atom stereocenters. The minimum absolute atomic E-state index is 0. The highest BCUT2D eigenvalue weighted by Crippen LogP contribution is 2.16. The standard InChI is InChI=1S/C20H36N6O2S.HI/c1-15-16(2)29-17(24-15)7-8-22-18(21-6)23-9-10-25-11-13-26(14-12-25)19(27)28-20(3,4)5;/h7-14H2,1-6H3,(H2,21,22,23);1H. The van der Waals surface area contributed by atoms with E-state index in [2.05, 4.69) is 39.4 Å². The van der Waals surface area contributed by atoms with E-state index >= 15 is 0 Å². The van der Waals surface area contributed by atoms with Gasteiger partial charge in [-0.3, -0.25) is 9.89 Å². The second-order valence-corrected chi connectivity index (χ2v) is 9.52. The van der Waals surface area contributed by atoms with Gasteiger partial charge in [-0.15, -0.1) is 35.3 Å². The number of hydrogen-bond donors (Lipinski definition) is 2. The van der Waals surface area contributed by atoms with Crippen LogP contribution in [0.3, 0.4) is 0 Å². The fourth-order valence-corrected chi connectivity index (χ4v) is 3.90. The average molecular weight is 553 g/mol. The molecule has 1 aliphatic rings. The number of guanidine groups is 1. The van der Waals surface area contributed by atoms with Crippen LogP contribution in [-0.4, -0.2) is 85.3 Å². The van der Waals surface area contributed by atoms with Gasteiger partial charge in [0.15, 0.2) is 5.96 Å². The molecule has 1 aromatic heterocycles. The van der Waals surface area contributed by atoms with Gasteiger partial charge in [-0.1, -0.05) is 0 Å². The fourth-order valence-electron chi connectivity index (χ4n) is 2.97. The van der Waals surface area contributed by atoms with Crippen molar-refractivity contribution in [3.63, 3.8) is 0 Å². The van der Waals surface area contributed by atoms with Crippen molar-refractivity contribution in [3.05, 3.63) is 15.6 Å². The minimum atomic E-state index is -0.446. The molecule has 8 nitrogen and oxygen atoms in total. The number of aromatic nitrogens is 1. The summed E-state index contributed by atoms with van der Waals surface area (Å²) in [6.45, 7) is 15.5. The lowest BCUT2D eigenvalue weighted by molar-refractivity contribution is 0.0147. The first-order chi connectivity index (χ1) is 13.7. The normalized spacial score (nSPS) is 15.5. The number of rotatable bonds is 6. The summed E-state index contributed by atoms with van der Waals surface area (Å²) in [4.78, 5) is 26.4. The molecule has 0 aromatic carbocycles. The number of amides is 1. The number of ether oxygens (including phenoxy) is 1. The second-order valence-electron chi connectivity index (χ2n) is 8.23. The molecular formula is C20H37IN6O2S. The van der Waals surface area contributed by atoms with Crippen LogP contribution >= 0.6 is 35.3 Å². The number of piperazine rings is 1. The van der Waals surface area contributed by atoms with Crippen molar-refractivity contribution in [1.82, 2.24) is 25.4 Å². The van der Waals surface area contributed by atoms with Crippen molar-refractivity contribution in [3.8, 4) is 0 Å². The highest BCUT2D eigenvalue weighted by atomic mass is 127. The number of aryl methyl sites for hydroxylation is 2. The highest BCUT2D eigenvalue weighted by Gasteiger charge is 2.25. The molecule has 1 aromatic rings. The van der Waals surface area contributed by atoms with Gasteiger partial charge in [0.1, 0.15) is 5.60 Å². The van der Waals surface area contributed by atoms with E-state index in [1.54, 1.807) is 23.3 Å². The molecule has 1 fully saturated rings. The highest BCUT2D eigenvalue weighted by molar-refractivity contribution is 14.0. The van der Waals surface area contributed by atoms with E-state index < -0.39 is 5.60 Å². The van der Waals surface area contributed by atoms with Crippen LogP contribution in [0.15, 0.2) is 4.99 Å². The van der Waals surface area contributed by atoms with Crippen molar-refractivity contribution in [2.24, 2.45) is 4.99 Å². The fraction of sp³-hybridized carbons (Fsp3) is 0.750. The Balaban J connectivity index is 0.00000450. The third kappa shape index (κ3) is 9.34. The predicted molar refractivity (Wildman–Crippen MR) is 134 cm³/mol. The first-order valence-electron chi connectivity index (χ1n) is 10.3. The zero-order valence-corrected chi connectivity index (χ0v) is 22.2. The summed E-state index contributed by atoms with van der Waals surface area (Å²) in [5.41, 5.74) is 0.678. The summed E-state index contributed by atoms with van der Waals surface area (Å²) in [7, 11) is 1.78. The Bertz CT molecular complexity index is 676. The first-order valence-corrected chi connectivity index (χ1v) is 11.1. The van der Waals surface area contributed by atoms with Gasteiger partial charge >= 0.3 is 6.09 Å². The number of nitrogens with zero attached hydrogens (tertiary/aromatic N) is 4. The molecule has 0 aliphatic carbocycles. The number of nitrogens with one attached hydrogen (secondary N) is 2. The molecule has 0 radical (unpaired) electrons. The van der Waals surface area contributed by atoms with Gasteiger partial charge in [0, 0.05) is 64.2 Å². The molecule has 1 saturated heterocycles. The third-order valence-corrected chi connectivity index (χ3v) is 5.80. The van der Waals surface area contributed by atoms with Crippen LogP contribution in [0.4, 0.5) is 4.79 Å². The van der Waals surface area contributed by atoms with Gasteiger partial charge in [-0.05, 0) is 34.6 Å². The van der Waals surface area contributed by atoms with Gasteiger partial charge in [0.25, 0.3) is 0 Å². The minimum Gasteiger partial charge on any atom is -0.444 e. The lowest BCUT2D eigenvalue weighted by Crippen LogP contribution is -2.51. The smallest absolute Gasteiger partial charge is 0.410 e. The van der Waals surface area contributed by atoms with Gasteiger partial charge in [0.2, 0.25) is 0 Å². The number of aliphatic imine (C=N–C) groups is 1. The van der Waals surface area contributed by atoms with E-state index in [0.29, 0.717) is 13.1 Å². The molecule has 2 rings (SSSR count). The molecule has 0 unspecified atom stereocenters. The van der Waals surface area contributed by atoms with Crippen molar-refractivity contribution >= 4 is 47.4 Å². The molecule has 2 heterocycles. The van der Waals surface area contributed by atoms with Gasteiger partial charge in [0.05, 0.1) is 10.7 Å². The first kappa shape index (κ1) is 26.9. The molecule has 0 saturated carbocycles. The molecule has 0 spiro atoms. The molecule has 172 valence electrons. The maximum absolute atomic E-state index is 12.1. The van der Waals surface area contributed by atoms with Crippen molar-refractivity contribution in [2.45, 2.75) is 46.6 Å². The van der Waals surface area contributed by atoms with Crippen molar-refractivity contribution < 1.29 is 9.53 Å². The Kier molecular flexibility index (Phi) is 11.3. The molecule has 0 bridgehead atoms. The Labute approximate surface area is 201 Å².